The molecule has 0 amide bonds. The third-order valence-electron chi connectivity index (χ3n) is 12.9. The summed E-state index contributed by atoms with van der Waals surface area (Å²) >= 11 is 0. The molecule has 9 nitrogen and oxygen atoms in total. The number of piperazine rings is 1. The molecule has 1 saturated carbocycles. The van der Waals surface area contributed by atoms with Gasteiger partial charge in [-0.2, -0.15) is 0 Å². The number of fused-ring (bicyclic) bond motifs is 5. The third-order valence-corrected chi connectivity index (χ3v) is 12.9. The molecule has 1 spiro atoms. The van der Waals surface area contributed by atoms with Gasteiger partial charge in [-0.3, -0.25) is 9.88 Å². The minimum absolute atomic E-state index is 0.0865. The fraction of sp³-hybridized carbons (Fsp3) is 0.457. The molecule has 0 radical (unpaired) electrons. The van der Waals surface area contributed by atoms with E-state index in [1.165, 1.54) is 36.0 Å². The SMILES string of the molecule is C=C1/N=C2\Nc3ccc(CN4CCN(C(=C)C5CCN(c6cc(F)cc(F)c6)C5)C5(CCC5)C4)cc3N2C[C@H](C)CCCC/C(NC)=C(/C=N)c2cc1cc(C)n2. The van der Waals surface area contributed by atoms with Gasteiger partial charge in [-0.15, -0.1) is 0 Å². The summed E-state index contributed by atoms with van der Waals surface area (Å²) in [5.41, 5.74) is 10.4. The second-order valence-electron chi connectivity index (χ2n) is 17.0. The van der Waals surface area contributed by atoms with Crippen molar-refractivity contribution in [1.82, 2.24) is 20.1 Å². The number of hydrogen-bond acceptors (Lipinski definition) is 9. The van der Waals surface area contributed by atoms with Crippen LogP contribution in [0.2, 0.25) is 0 Å². The van der Waals surface area contributed by atoms with Gasteiger partial charge >= 0.3 is 0 Å². The van der Waals surface area contributed by atoms with Gasteiger partial charge in [0.15, 0.2) is 0 Å². The van der Waals surface area contributed by atoms with Crippen LogP contribution in [0.1, 0.15) is 80.8 Å². The lowest BCUT2D eigenvalue weighted by Gasteiger charge is -2.58. The summed E-state index contributed by atoms with van der Waals surface area (Å²) < 4.78 is 28.1. The maximum atomic E-state index is 14.0. The number of pyridine rings is 1. The summed E-state index contributed by atoms with van der Waals surface area (Å²) in [7, 11) is 1.93. The van der Waals surface area contributed by atoms with Crippen LogP contribution in [-0.2, 0) is 6.54 Å². The number of halogens is 2. The van der Waals surface area contributed by atoms with E-state index in [0.29, 0.717) is 17.3 Å². The van der Waals surface area contributed by atoms with Crippen molar-refractivity contribution in [1.29, 1.82) is 5.41 Å². The molecule has 3 fully saturated rings. The largest absolute Gasteiger partial charge is 0.391 e. The Morgan fingerprint density at radius 1 is 1.02 bits per heavy atom. The number of allylic oxidation sites excluding steroid dienone is 2. The minimum Gasteiger partial charge on any atom is -0.391 e. The minimum atomic E-state index is -0.533. The topological polar surface area (TPSA) is 86.1 Å². The van der Waals surface area contributed by atoms with Crippen molar-refractivity contribution < 1.29 is 8.78 Å². The summed E-state index contributed by atoms with van der Waals surface area (Å²) in [6.07, 6.45) is 9.95. The molecule has 5 aliphatic rings. The molecule has 3 N–H and O–H groups in total. The van der Waals surface area contributed by atoms with Crippen molar-refractivity contribution in [2.24, 2.45) is 16.8 Å². The number of benzene rings is 2. The highest BCUT2D eigenvalue weighted by atomic mass is 19.1. The lowest BCUT2D eigenvalue weighted by Crippen LogP contribution is -2.65. The van der Waals surface area contributed by atoms with Crippen molar-refractivity contribution >= 4 is 40.5 Å². The van der Waals surface area contributed by atoms with Crippen LogP contribution in [0.4, 0.5) is 25.8 Å². The zero-order valence-corrected chi connectivity index (χ0v) is 33.8. The Hall–Kier alpha value is -5.03. The number of nitrogens with one attached hydrogen (secondary N) is 3. The molecule has 1 aromatic heterocycles. The van der Waals surface area contributed by atoms with Crippen molar-refractivity contribution in [2.45, 2.75) is 77.3 Å². The van der Waals surface area contributed by atoms with Crippen LogP contribution in [0.25, 0.3) is 11.3 Å². The lowest BCUT2D eigenvalue weighted by atomic mass is 9.72. The maximum Gasteiger partial charge on any atom is 0.208 e. The van der Waals surface area contributed by atoms with E-state index in [9.17, 15) is 8.78 Å². The van der Waals surface area contributed by atoms with Crippen LogP contribution in [0.3, 0.4) is 0 Å². The number of aromatic nitrogens is 1. The molecule has 8 rings (SSSR count). The zero-order chi connectivity index (χ0) is 39.8. The fourth-order valence-electron chi connectivity index (χ4n) is 9.78. The van der Waals surface area contributed by atoms with E-state index in [0.717, 1.165) is 142 Å². The predicted molar refractivity (Wildman–Crippen MR) is 230 cm³/mol. The third kappa shape index (κ3) is 7.95. The quantitative estimate of drug-likeness (QED) is 0.207. The smallest absolute Gasteiger partial charge is 0.208 e. The van der Waals surface area contributed by atoms with Crippen molar-refractivity contribution in [3.63, 3.8) is 0 Å². The molecule has 1 aliphatic carbocycles. The summed E-state index contributed by atoms with van der Waals surface area (Å²) in [5, 5.41) is 15.3. The highest BCUT2D eigenvalue weighted by molar-refractivity contribution is 6.16. The molecular weight excluding hydrogens is 717 g/mol. The first-order valence-electron chi connectivity index (χ1n) is 20.8. The highest BCUT2D eigenvalue weighted by Crippen LogP contribution is 2.45. The molecule has 2 aromatic carbocycles. The van der Waals surface area contributed by atoms with Crippen LogP contribution in [0.15, 0.2) is 78.1 Å². The Kier molecular flexibility index (Phi) is 11.0. The number of rotatable bonds is 7. The van der Waals surface area contributed by atoms with E-state index >= 15 is 0 Å². The van der Waals surface area contributed by atoms with E-state index < -0.39 is 11.6 Å². The summed E-state index contributed by atoms with van der Waals surface area (Å²) in [6.45, 7) is 19.5. The van der Waals surface area contributed by atoms with Crippen molar-refractivity contribution in [2.75, 3.05) is 61.4 Å². The van der Waals surface area contributed by atoms with E-state index in [2.05, 4.69) is 68.5 Å². The Bertz CT molecular complexity index is 2100. The summed E-state index contributed by atoms with van der Waals surface area (Å²) in [6, 6.07) is 14.6. The van der Waals surface area contributed by atoms with Crippen LogP contribution in [-0.4, -0.2) is 78.8 Å². The summed E-state index contributed by atoms with van der Waals surface area (Å²) in [4.78, 5) is 19.6. The molecule has 57 heavy (non-hydrogen) atoms. The molecule has 1 unspecified atom stereocenters. The first kappa shape index (κ1) is 38.8. The molecule has 4 aliphatic heterocycles. The number of nitrogens with zero attached hydrogens (tertiary/aromatic N) is 6. The Morgan fingerprint density at radius 2 is 1.82 bits per heavy atom. The molecule has 2 bridgehead atoms. The number of aryl methyl sites for hydroxylation is 1. The van der Waals surface area contributed by atoms with E-state index in [1.807, 2.05) is 26.1 Å². The molecule has 5 heterocycles. The number of hydrogen-bond donors (Lipinski definition) is 3. The van der Waals surface area contributed by atoms with Gasteiger partial charge in [-0.05, 0) is 99.7 Å². The molecule has 2 saturated heterocycles. The Labute approximate surface area is 336 Å². The second kappa shape index (κ2) is 16.1. The number of anilines is 3. The van der Waals surface area contributed by atoms with Gasteiger partial charge in [0.1, 0.15) is 11.6 Å². The van der Waals surface area contributed by atoms with E-state index in [4.69, 9.17) is 15.4 Å². The summed E-state index contributed by atoms with van der Waals surface area (Å²) in [5.74, 6) is 0.422. The highest BCUT2D eigenvalue weighted by Gasteiger charge is 2.48. The van der Waals surface area contributed by atoms with Gasteiger partial charge in [-0.25, -0.2) is 13.8 Å². The van der Waals surface area contributed by atoms with Gasteiger partial charge in [-0.1, -0.05) is 32.6 Å². The average molecular weight is 774 g/mol. The van der Waals surface area contributed by atoms with Crippen molar-refractivity contribution in [3.8, 4) is 0 Å². The number of guanidine groups is 1. The van der Waals surface area contributed by atoms with Gasteiger partial charge in [0, 0.05) is 105 Å². The van der Waals surface area contributed by atoms with Gasteiger partial charge in [0.25, 0.3) is 0 Å². The van der Waals surface area contributed by atoms with Gasteiger partial charge in [0.2, 0.25) is 5.96 Å². The molecule has 2 atom stereocenters. The van der Waals surface area contributed by atoms with Crippen LogP contribution in [0.5, 0.6) is 0 Å². The Balaban J connectivity index is 0.990. The lowest BCUT2D eigenvalue weighted by molar-refractivity contribution is -0.0390. The first-order chi connectivity index (χ1) is 27.5. The predicted octanol–water partition coefficient (Wildman–Crippen LogP) is 8.80. The van der Waals surface area contributed by atoms with Crippen LogP contribution >= 0.6 is 0 Å². The van der Waals surface area contributed by atoms with Crippen molar-refractivity contribution in [3.05, 3.63) is 107 Å². The molecular formula is C46H57F2N9. The fourth-order valence-corrected chi connectivity index (χ4v) is 9.78. The average Bonchev–Trinajstić information content (AvgIpc) is 3.79. The first-order valence-corrected chi connectivity index (χ1v) is 20.8. The number of aliphatic imine (C=N–C) groups is 1. The molecule has 11 heteroatoms. The normalized spacial score (nSPS) is 24.8. The van der Waals surface area contributed by atoms with Gasteiger partial charge in [0.05, 0.1) is 28.3 Å². The van der Waals surface area contributed by atoms with E-state index in [1.54, 1.807) is 0 Å². The molecule has 3 aromatic rings. The van der Waals surface area contributed by atoms with E-state index in [-0.39, 0.29) is 11.5 Å². The monoisotopic (exact) mass is 773 g/mol. The standard InChI is InChI=1S/C46H57F2N9/c1-30-9-6-7-10-41(50-5)40(25-49)43-21-36(19-31(2)51-43)32(3)52-45-53-42-12-11-34(20-44(42)56(45)26-30)27-54-17-18-57(46(29-54)14-8-15-46)33(4)35-13-16-55(28-35)39-23-37(47)22-38(48)24-39/h11-12,19-25,30,35,49-50H,3-4,6-10,13-18,26-29H2,1-2,5H3,(H,52,53)/b41-40+,49-25?/t30-,35?/m1/s1. The molecule has 300 valence electrons. The van der Waals surface area contributed by atoms with Crippen LogP contribution < -0.4 is 20.4 Å². The van der Waals surface area contributed by atoms with Gasteiger partial charge < -0.3 is 30.7 Å². The maximum absolute atomic E-state index is 14.0. The second-order valence-corrected chi connectivity index (χ2v) is 17.0. The van der Waals surface area contributed by atoms with Crippen LogP contribution in [0, 0.1) is 35.8 Å². The Morgan fingerprint density at radius 3 is 2.56 bits per heavy atom. The zero-order valence-electron chi connectivity index (χ0n) is 33.8.